The Balaban J connectivity index is 2.25. The number of amides is 1. The summed E-state index contributed by atoms with van der Waals surface area (Å²) in [7, 11) is 3.68. The zero-order valence-corrected chi connectivity index (χ0v) is 13.1. The zero-order chi connectivity index (χ0) is 15.0. The summed E-state index contributed by atoms with van der Waals surface area (Å²) in [4.78, 5) is 13.7. The van der Waals surface area contributed by atoms with Crippen molar-refractivity contribution in [2.24, 2.45) is 5.92 Å². The standard InChI is InChI=1S/C15H23ClN2O2/c1-12(11-17-2)15(19)18(3)8-5-9-20-14-7-4-6-13(16)10-14/h4,6-7,10,12,17H,5,8-9,11H2,1-3H3. The minimum atomic E-state index is -0.00107. The molecule has 0 aliphatic rings. The first-order chi connectivity index (χ1) is 9.54. The molecule has 20 heavy (non-hydrogen) atoms. The van der Waals surface area contributed by atoms with Crippen LogP contribution in [-0.4, -0.2) is 44.6 Å². The number of benzene rings is 1. The molecule has 1 atom stereocenters. The monoisotopic (exact) mass is 298 g/mol. The molecule has 4 nitrogen and oxygen atoms in total. The Kier molecular flexibility index (Phi) is 7.41. The Bertz CT molecular complexity index is 426. The van der Waals surface area contributed by atoms with Gasteiger partial charge in [-0.25, -0.2) is 0 Å². The number of hydrogen-bond donors (Lipinski definition) is 1. The molecule has 0 aromatic heterocycles. The van der Waals surface area contributed by atoms with Crippen LogP contribution in [0.25, 0.3) is 0 Å². The van der Waals surface area contributed by atoms with Crippen molar-refractivity contribution in [3.63, 3.8) is 0 Å². The first kappa shape index (κ1) is 16.8. The van der Waals surface area contributed by atoms with Gasteiger partial charge in [0.2, 0.25) is 5.91 Å². The maximum Gasteiger partial charge on any atom is 0.226 e. The quantitative estimate of drug-likeness (QED) is 0.750. The molecule has 0 fully saturated rings. The molecule has 0 radical (unpaired) electrons. The molecular formula is C15H23ClN2O2. The van der Waals surface area contributed by atoms with E-state index in [9.17, 15) is 4.79 Å². The van der Waals surface area contributed by atoms with Crippen LogP contribution in [0.4, 0.5) is 0 Å². The van der Waals surface area contributed by atoms with Gasteiger partial charge in [-0.2, -0.15) is 0 Å². The largest absolute Gasteiger partial charge is 0.493 e. The predicted molar refractivity (Wildman–Crippen MR) is 82.3 cm³/mol. The average Bonchev–Trinajstić information content (AvgIpc) is 2.43. The molecule has 0 heterocycles. The number of carbonyl (C=O) groups excluding carboxylic acids is 1. The van der Waals surface area contributed by atoms with E-state index in [4.69, 9.17) is 16.3 Å². The Morgan fingerprint density at radius 2 is 2.25 bits per heavy atom. The van der Waals surface area contributed by atoms with Crippen LogP contribution in [0.3, 0.4) is 0 Å². The molecule has 0 spiro atoms. The van der Waals surface area contributed by atoms with E-state index in [1.165, 1.54) is 0 Å². The fraction of sp³-hybridized carbons (Fsp3) is 0.533. The van der Waals surface area contributed by atoms with Crippen LogP contribution < -0.4 is 10.1 Å². The molecule has 0 aliphatic heterocycles. The summed E-state index contributed by atoms with van der Waals surface area (Å²) in [5.74, 6) is 0.913. The molecule has 112 valence electrons. The van der Waals surface area contributed by atoms with Crippen molar-refractivity contribution in [2.45, 2.75) is 13.3 Å². The molecule has 5 heteroatoms. The fourth-order valence-corrected chi connectivity index (χ4v) is 2.11. The summed E-state index contributed by atoms with van der Waals surface area (Å²) in [6.07, 6.45) is 0.793. The van der Waals surface area contributed by atoms with Gasteiger partial charge < -0.3 is 15.0 Å². The van der Waals surface area contributed by atoms with Gasteiger partial charge in [-0.1, -0.05) is 24.6 Å². The first-order valence-electron chi connectivity index (χ1n) is 6.82. The van der Waals surface area contributed by atoms with Crippen LogP contribution in [0, 0.1) is 5.92 Å². The fourth-order valence-electron chi connectivity index (χ4n) is 1.93. The zero-order valence-electron chi connectivity index (χ0n) is 12.4. The van der Waals surface area contributed by atoms with Crippen molar-refractivity contribution in [1.29, 1.82) is 0 Å². The third-order valence-corrected chi connectivity index (χ3v) is 3.25. The highest BCUT2D eigenvalue weighted by atomic mass is 35.5. The highest BCUT2D eigenvalue weighted by Crippen LogP contribution is 2.17. The second kappa shape index (κ2) is 8.82. The molecule has 0 saturated heterocycles. The Morgan fingerprint density at radius 3 is 2.90 bits per heavy atom. The maximum absolute atomic E-state index is 12.0. The highest BCUT2D eigenvalue weighted by molar-refractivity contribution is 6.30. The number of halogens is 1. The summed E-state index contributed by atoms with van der Waals surface area (Å²) < 4.78 is 5.59. The first-order valence-corrected chi connectivity index (χ1v) is 7.20. The second-order valence-electron chi connectivity index (χ2n) is 4.88. The van der Waals surface area contributed by atoms with Gasteiger partial charge in [0.1, 0.15) is 5.75 Å². The van der Waals surface area contributed by atoms with Crippen LogP contribution in [0.5, 0.6) is 5.75 Å². The number of nitrogens with one attached hydrogen (secondary N) is 1. The summed E-state index contributed by atoms with van der Waals surface area (Å²) >= 11 is 5.88. The lowest BCUT2D eigenvalue weighted by Crippen LogP contribution is -2.36. The van der Waals surface area contributed by atoms with Crippen LogP contribution in [-0.2, 0) is 4.79 Å². The Morgan fingerprint density at radius 1 is 1.50 bits per heavy atom. The normalized spacial score (nSPS) is 12.0. The Labute approximate surface area is 126 Å². The number of nitrogens with zero attached hydrogens (tertiary/aromatic N) is 1. The summed E-state index contributed by atoms with van der Waals surface area (Å²) in [5, 5.41) is 3.68. The van der Waals surface area contributed by atoms with Crippen molar-refractivity contribution in [1.82, 2.24) is 10.2 Å². The van der Waals surface area contributed by atoms with Gasteiger partial charge in [0.25, 0.3) is 0 Å². The molecule has 1 rings (SSSR count). The van der Waals surface area contributed by atoms with E-state index in [0.29, 0.717) is 24.7 Å². The SMILES string of the molecule is CNCC(C)C(=O)N(C)CCCOc1cccc(Cl)c1. The number of ether oxygens (including phenoxy) is 1. The third-order valence-electron chi connectivity index (χ3n) is 3.01. The van der Waals surface area contributed by atoms with E-state index < -0.39 is 0 Å². The minimum Gasteiger partial charge on any atom is -0.493 e. The predicted octanol–water partition coefficient (Wildman–Crippen LogP) is 2.42. The van der Waals surface area contributed by atoms with E-state index >= 15 is 0 Å². The number of rotatable bonds is 8. The van der Waals surface area contributed by atoms with Crippen molar-refractivity contribution in [3.8, 4) is 5.75 Å². The van der Waals surface area contributed by atoms with Gasteiger partial charge in [0.05, 0.1) is 6.61 Å². The lowest BCUT2D eigenvalue weighted by molar-refractivity contribution is -0.133. The van der Waals surface area contributed by atoms with Crippen LogP contribution in [0.1, 0.15) is 13.3 Å². The van der Waals surface area contributed by atoms with Crippen LogP contribution in [0.15, 0.2) is 24.3 Å². The molecule has 0 bridgehead atoms. The molecule has 1 aromatic rings. The van der Waals surface area contributed by atoms with Crippen LogP contribution in [0.2, 0.25) is 5.02 Å². The molecule has 1 N–H and O–H groups in total. The summed E-state index contributed by atoms with van der Waals surface area (Å²) in [6, 6.07) is 7.32. The molecule has 1 aromatic carbocycles. The molecule has 1 unspecified atom stereocenters. The lowest BCUT2D eigenvalue weighted by Gasteiger charge is -2.21. The lowest BCUT2D eigenvalue weighted by atomic mass is 10.1. The minimum absolute atomic E-state index is 0.00107. The van der Waals surface area contributed by atoms with E-state index in [-0.39, 0.29) is 11.8 Å². The third kappa shape index (κ3) is 5.80. The second-order valence-corrected chi connectivity index (χ2v) is 5.31. The number of hydrogen-bond acceptors (Lipinski definition) is 3. The molecule has 0 aliphatic carbocycles. The topological polar surface area (TPSA) is 41.6 Å². The van der Waals surface area contributed by atoms with Gasteiger partial charge in [-0.3, -0.25) is 4.79 Å². The van der Waals surface area contributed by atoms with Gasteiger partial charge >= 0.3 is 0 Å². The average molecular weight is 299 g/mol. The van der Waals surface area contributed by atoms with E-state index in [1.807, 2.05) is 39.2 Å². The van der Waals surface area contributed by atoms with Gasteiger partial charge in [-0.05, 0) is 31.7 Å². The molecule has 1 amide bonds. The van der Waals surface area contributed by atoms with Gasteiger partial charge in [0, 0.05) is 31.1 Å². The van der Waals surface area contributed by atoms with E-state index in [0.717, 1.165) is 12.2 Å². The molecule has 0 saturated carbocycles. The van der Waals surface area contributed by atoms with Crippen molar-refractivity contribution >= 4 is 17.5 Å². The van der Waals surface area contributed by atoms with E-state index in [2.05, 4.69) is 5.32 Å². The highest BCUT2D eigenvalue weighted by Gasteiger charge is 2.15. The van der Waals surface area contributed by atoms with Crippen molar-refractivity contribution in [3.05, 3.63) is 29.3 Å². The number of carbonyl (C=O) groups is 1. The molecular weight excluding hydrogens is 276 g/mol. The summed E-state index contributed by atoms with van der Waals surface area (Å²) in [5.41, 5.74) is 0. The maximum atomic E-state index is 12.0. The van der Waals surface area contributed by atoms with Crippen molar-refractivity contribution in [2.75, 3.05) is 33.8 Å². The van der Waals surface area contributed by atoms with Gasteiger partial charge in [0.15, 0.2) is 0 Å². The Hall–Kier alpha value is -1.26. The van der Waals surface area contributed by atoms with Crippen molar-refractivity contribution < 1.29 is 9.53 Å². The van der Waals surface area contributed by atoms with Crippen LogP contribution >= 0.6 is 11.6 Å². The van der Waals surface area contributed by atoms with Gasteiger partial charge in [-0.15, -0.1) is 0 Å². The summed E-state index contributed by atoms with van der Waals surface area (Å²) in [6.45, 7) is 3.88. The van der Waals surface area contributed by atoms with E-state index in [1.54, 1.807) is 11.0 Å². The smallest absolute Gasteiger partial charge is 0.226 e.